The van der Waals surface area contributed by atoms with Gasteiger partial charge in [0.05, 0.1) is 0 Å². The van der Waals surface area contributed by atoms with Gasteiger partial charge in [-0.25, -0.2) is 0 Å². The van der Waals surface area contributed by atoms with E-state index < -0.39 is 7.92 Å². The number of benzene rings is 3. The van der Waals surface area contributed by atoms with Crippen LogP contribution in [0.2, 0.25) is 0 Å². The molecule has 0 fully saturated rings. The number of nitrogens with two attached hydrogens (primary N) is 1. The fourth-order valence-electron chi connectivity index (χ4n) is 2.99. The monoisotopic (exact) mass is 319 g/mol. The largest absolute Gasteiger partial charge is 0.327 e. The predicted octanol–water partition coefficient (Wildman–Crippen LogP) is 4.21. The van der Waals surface area contributed by atoms with Gasteiger partial charge in [0.15, 0.2) is 0 Å². The Hall–Kier alpha value is -1.95. The molecule has 3 aromatic rings. The van der Waals surface area contributed by atoms with Gasteiger partial charge in [-0.1, -0.05) is 91.0 Å². The van der Waals surface area contributed by atoms with Crippen molar-refractivity contribution >= 4 is 18.5 Å². The van der Waals surface area contributed by atoms with Crippen molar-refractivity contribution in [2.24, 2.45) is 5.73 Å². The second-order valence-electron chi connectivity index (χ2n) is 5.76. The van der Waals surface area contributed by atoms with Crippen LogP contribution in [-0.4, -0.2) is 6.04 Å². The minimum atomic E-state index is -0.555. The highest BCUT2D eigenvalue weighted by Crippen LogP contribution is 2.50. The Bertz CT molecular complexity index is 671. The normalized spacial score (nSPS) is 13.7. The number of hydrogen-bond donors (Lipinski definition) is 1. The number of hydrogen-bond acceptors (Lipinski definition) is 1. The third kappa shape index (κ3) is 3.69. The van der Waals surface area contributed by atoms with Crippen molar-refractivity contribution in [1.82, 2.24) is 0 Å². The molecule has 0 unspecified atom stereocenters. The molecule has 0 aromatic heterocycles. The summed E-state index contributed by atoms with van der Waals surface area (Å²) in [5.41, 5.74) is 8.08. The van der Waals surface area contributed by atoms with Gasteiger partial charge < -0.3 is 5.73 Å². The summed E-state index contributed by atoms with van der Waals surface area (Å²) in [6.45, 7) is 2.12. The lowest BCUT2D eigenvalue weighted by Gasteiger charge is -2.32. The molecule has 2 heteroatoms. The Kier molecular flexibility index (Phi) is 5.23. The van der Waals surface area contributed by atoms with Crippen molar-refractivity contribution < 1.29 is 0 Å². The molecule has 23 heavy (non-hydrogen) atoms. The molecule has 1 nitrogen and oxygen atoms in total. The lowest BCUT2D eigenvalue weighted by molar-refractivity contribution is 0.716. The summed E-state index contributed by atoms with van der Waals surface area (Å²) in [5.74, 6) is 0. The molecule has 0 bridgehead atoms. The summed E-state index contributed by atoms with van der Waals surface area (Å²) < 4.78 is 0. The first-order valence-electron chi connectivity index (χ1n) is 7.97. The van der Waals surface area contributed by atoms with Crippen LogP contribution < -0.4 is 16.3 Å². The Morgan fingerprint density at radius 1 is 0.652 bits per heavy atom. The molecule has 0 heterocycles. The van der Waals surface area contributed by atoms with Crippen molar-refractivity contribution in [1.29, 1.82) is 0 Å². The van der Waals surface area contributed by atoms with Gasteiger partial charge in [-0.15, -0.1) is 0 Å². The van der Waals surface area contributed by atoms with Gasteiger partial charge in [-0.3, -0.25) is 0 Å². The molecule has 0 aliphatic carbocycles. The third-order valence-corrected chi connectivity index (χ3v) is 7.02. The predicted molar refractivity (Wildman–Crippen MR) is 102 cm³/mol. The molecular weight excluding hydrogens is 297 g/mol. The molecule has 3 aromatic carbocycles. The maximum Gasteiger partial charge on any atom is 0.0271 e. The molecule has 2 atom stereocenters. The van der Waals surface area contributed by atoms with E-state index in [1.54, 1.807) is 0 Å². The molecule has 0 radical (unpaired) electrons. The summed E-state index contributed by atoms with van der Waals surface area (Å²) >= 11 is 0. The van der Waals surface area contributed by atoms with Crippen molar-refractivity contribution in [3.8, 4) is 0 Å². The van der Waals surface area contributed by atoms with Crippen molar-refractivity contribution in [3.63, 3.8) is 0 Å². The highest BCUT2D eigenvalue weighted by Gasteiger charge is 2.28. The molecule has 0 aliphatic heterocycles. The first-order valence-corrected chi connectivity index (χ1v) is 9.38. The van der Waals surface area contributed by atoms with Crippen LogP contribution in [0.25, 0.3) is 0 Å². The third-order valence-electron chi connectivity index (χ3n) is 3.99. The van der Waals surface area contributed by atoms with Crippen LogP contribution in [0.4, 0.5) is 0 Å². The van der Waals surface area contributed by atoms with Gasteiger partial charge in [-0.05, 0) is 31.0 Å². The molecule has 0 amide bonds. The molecule has 3 rings (SSSR count). The zero-order chi connectivity index (χ0) is 16.1. The molecular formula is C21H22NP. The maximum absolute atomic E-state index is 6.46. The average Bonchev–Trinajstić information content (AvgIpc) is 2.61. The second-order valence-corrected chi connectivity index (χ2v) is 8.08. The summed E-state index contributed by atoms with van der Waals surface area (Å²) in [4.78, 5) is 0. The Morgan fingerprint density at radius 3 is 1.43 bits per heavy atom. The van der Waals surface area contributed by atoms with Crippen LogP contribution in [0.5, 0.6) is 0 Å². The summed E-state index contributed by atoms with van der Waals surface area (Å²) in [6.07, 6.45) is 0. The molecule has 0 spiro atoms. The summed E-state index contributed by atoms with van der Waals surface area (Å²) in [7, 11) is -0.555. The second kappa shape index (κ2) is 7.55. The van der Waals surface area contributed by atoms with Gasteiger partial charge in [0.2, 0.25) is 0 Å². The Labute approximate surface area is 139 Å². The van der Waals surface area contributed by atoms with E-state index in [9.17, 15) is 0 Å². The van der Waals surface area contributed by atoms with E-state index in [4.69, 9.17) is 5.73 Å². The van der Waals surface area contributed by atoms with Gasteiger partial charge in [-0.2, -0.15) is 0 Å². The van der Waals surface area contributed by atoms with Crippen LogP contribution in [0.15, 0.2) is 91.0 Å². The first kappa shape index (κ1) is 15.9. The lowest BCUT2D eigenvalue weighted by Crippen LogP contribution is -2.29. The smallest absolute Gasteiger partial charge is 0.0271 e. The topological polar surface area (TPSA) is 26.0 Å². The van der Waals surface area contributed by atoms with Gasteiger partial charge in [0.25, 0.3) is 0 Å². The zero-order valence-electron chi connectivity index (χ0n) is 13.3. The quantitative estimate of drug-likeness (QED) is 0.701. The van der Waals surface area contributed by atoms with Crippen LogP contribution in [0.1, 0.15) is 18.1 Å². The SMILES string of the molecule is C[C@@H](N)[C@@H](c1ccccc1)P(c1ccccc1)c1ccccc1. The summed E-state index contributed by atoms with van der Waals surface area (Å²) in [6, 6.07) is 32.3. The highest BCUT2D eigenvalue weighted by molar-refractivity contribution is 7.73. The summed E-state index contributed by atoms with van der Waals surface area (Å²) in [5, 5.41) is 2.75. The molecule has 0 aliphatic rings. The number of rotatable bonds is 5. The van der Waals surface area contributed by atoms with Crippen molar-refractivity contribution in [2.45, 2.75) is 18.6 Å². The minimum Gasteiger partial charge on any atom is -0.327 e. The van der Waals surface area contributed by atoms with Crippen LogP contribution in [-0.2, 0) is 0 Å². The van der Waals surface area contributed by atoms with E-state index in [2.05, 4.69) is 97.9 Å². The van der Waals surface area contributed by atoms with E-state index >= 15 is 0 Å². The minimum absolute atomic E-state index is 0.0870. The van der Waals surface area contributed by atoms with Gasteiger partial charge in [0, 0.05) is 11.7 Å². The molecule has 0 saturated heterocycles. The fourth-order valence-corrected chi connectivity index (χ4v) is 5.85. The Balaban J connectivity index is 2.13. The van der Waals surface area contributed by atoms with Crippen molar-refractivity contribution in [3.05, 3.63) is 96.6 Å². The van der Waals surface area contributed by atoms with E-state index in [0.29, 0.717) is 5.66 Å². The zero-order valence-corrected chi connectivity index (χ0v) is 14.2. The van der Waals surface area contributed by atoms with Crippen molar-refractivity contribution in [2.75, 3.05) is 0 Å². The first-order chi connectivity index (χ1) is 11.3. The standard InChI is InChI=1S/C21H22NP/c1-17(22)21(18-11-5-2-6-12-18)23(19-13-7-3-8-14-19)20-15-9-4-10-16-20/h2-17,21H,22H2,1H3/t17-,21+/m1/s1. The van der Waals surface area contributed by atoms with Gasteiger partial charge >= 0.3 is 0 Å². The van der Waals surface area contributed by atoms with Crippen LogP contribution in [0.3, 0.4) is 0 Å². The Morgan fingerprint density at radius 2 is 1.04 bits per heavy atom. The molecule has 0 saturated carbocycles. The van der Waals surface area contributed by atoms with E-state index in [1.807, 2.05) is 0 Å². The van der Waals surface area contributed by atoms with Crippen LogP contribution >= 0.6 is 7.92 Å². The van der Waals surface area contributed by atoms with E-state index in [1.165, 1.54) is 16.2 Å². The average molecular weight is 319 g/mol. The molecule has 116 valence electrons. The van der Waals surface area contributed by atoms with Gasteiger partial charge in [0.1, 0.15) is 0 Å². The fraction of sp³-hybridized carbons (Fsp3) is 0.143. The van der Waals surface area contributed by atoms with Crippen LogP contribution in [0, 0.1) is 0 Å². The molecule has 2 N–H and O–H groups in total. The lowest BCUT2D eigenvalue weighted by atomic mass is 10.1. The van der Waals surface area contributed by atoms with E-state index in [-0.39, 0.29) is 6.04 Å². The highest BCUT2D eigenvalue weighted by atomic mass is 31.1. The van der Waals surface area contributed by atoms with E-state index in [0.717, 1.165) is 0 Å². The maximum atomic E-state index is 6.46.